The van der Waals surface area contributed by atoms with Gasteiger partial charge < -0.3 is 10.6 Å². The largest absolute Gasteiger partial charge is 0.384 e. The van der Waals surface area contributed by atoms with Gasteiger partial charge >= 0.3 is 0 Å². The Morgan fingerprint density at radius 2 is 1.79 bits per heavy atom. The number of hydrogen-bond donors (Lipinski definition) is 1. The molecule has 0 spiro atoms. The van der Waals surface area contributed by atoms with Crippen molar-refractivity contribution in [1.29, 1.82) is 0 Å². The molecule has 0 aliphatic carbocycles. The molecular weight excluding hydrogens is 256 g/mol. The Labute approximate surface area is 117 Å². The predicted octanol–water partition coefficient (Wildman–Crippen LogP) is 2.28. The number of hydrogen-bond acceptors (Lipinski definition) is 5. The van der Waals surface area contributed by atoms with Crippen molar-refractivity contribution in [3.63, 3.8) is 0 Å². The van der Waals surface area contributed by atoms with Crippen molar-refractivity contribution in [1.82, 2.24) is 9.97 Å². The summed E-state index contributed by atoms with van der Waals surface area (Å²) >= 11 is 1.98. The molecule has 1 fully saturated rings. The van der Waals surface area contributed by atoms with Crippen LogP contribution in [0.4, 0.5) is 11.6 Å². The highest BCUT2D eigenvalue weighted by atomic mass is 32.2. The van der Waals surface area contributed by atoms with Crippen LogP contribution in [-0.2, 0) is 0 Å². The van der Waals surface area contributed by atoms with Crippen LogP contribution in [0.2, 0.25) is 0 Å². The van der Waals surface area contributed by atoms with E-state index < -0.39 is 0 Å². The fraction of sp³-hybridized carbons (Fsp3) is 0.286. The van der Waals surface area contributed by atoms with E-state index in [4.69, 9.17) is 5.73 Å². The molecule has 2 N–H and O–H groups in total. The number of nitrogens with two attached hydrogens (primary N) is 1. The maximum Gasteiger partial charge on any atom is 0.163 e. The molecule has 98 valence electrons. The van der Waals surface area contributed by atoms with Crippen molar-refractivity contribution in [3.05, 3.63) is 36.4 Å². The molecule has 0 amide bonds. The van der Waals surface area contributed by atoms with Gasteiger partial charge in [0.2, 0.25) is 0 Å². The smallest absolute Gasteiger partial charge is 0.163 e. The summed E-state index contributed by atoms with van der Waals surface area (Å²) in [5.74, 6) is 4.46. The van der Waals surface area contributed by atoms with E-state index in [1.54, 1.807) is 0 Å². The second-order valence-corrected chi connectivity index (χ2v) is 5.66. The van der Waals surface area contributed by atoms with Gasteiger partial charge in [0, 0.05) is 36.2 Å². The lowest BCUT2D eigenvalue weighted by molar-refractivity contribution is 0.837. The molecule has 0 bridgehead atoms. The second-order valence-electron chi connectivity index (χ2n) is 4.44. The van der Waals surface area contributed by atoms with Crippen molar-refractivity contribution in [2.24, 2.45) is 0 Å². The molecule has 19 heavy (non-hydrogen) atoms. The van der Waals surface area contributed by atoms with E-state index in [1.807, 2.05) is 48.2 Å². The number of thioether (sulfide) groups is 1. The summed E-state index contributed by atoms with van der Waals surface area (Å²) in [6.45, 7) is 2.05. The van der Waals surface area contributed by atoms with Crippen LogP contribution in [0.3, 0.4) is 0 Å². The van der Waals surface area contributed by atoms with E-state index in [2.05, 4.69) is 14.9 Å². The minimum atomic E-state index is 0.530. The lowest BCUT2D eigenvalue weighted by atomic mass is 10.2. The number of rotatable bonds is 2. The molecule has 4 nitrogen and oxygen atoms in total. The van der Waals surface area contributed by atoms with Crippen LogP contribution in [0.1, 0.15) is 0 Å². The van der Waals surface area contributed by atoms with Crippen molar-refractivity contribution in [2.45, 2.75) is 0 Å². The molecule has 0 radical (unpaired) electrons. The number of nitrogens with zero attached hydrogens (tertiary/aromatic N) is 3. The molecule has 5 heteroatoms. The monoisotopic (exact) mass is 272 g/mol. The topological polar surface area (TPSA) is 55.0 Å². The van der Waals surface area contributed by atoms with E-state index in [9.17, 15) is 0 Å². The van der Waals surface area contributed by atoms with Crippen molar-refractivity contribution < 1.29 is 0 Å². The van der Waals surface area contributed by atoms with Gasteiger partial charge in [0.1, 0.15) is 11.6 Å². The molecule has 1 aliphatic rings. The van der Waals surface area contributed by atoms with Crippen molar-refractivity contribution in [2.75, 3.05) is 35.2 Å². The van der Waals surface area contributed by atoms with Gasteiger partial charge in [-0.1, -0.05) is 30.3 Å². The molecule has 1 saturated heterocycles. The van der Waals surface area contributed by atoms with Crippen molar-refractivity contribution >= 4 is 23.4 Å². The Kier molecular flexibility index (Phi) is 3.55. The predicted molar refractivity (Wildman–Crippen MR) is 81.4 cm³/mol. The Hall–Kier alpha value is -1.75. The first-order valence-electron chi connectivity index (χ1n) is 6.35. The van der Waals surface area contributed by atoms with Gasteiger partial charge in [-0.15, -0.1) is 0 Å². The molecule has 2 heterocycles. The Morgan fingerprint density at radius 3 is 2.53 bits per heavy atom. The minimum absolute atomic E-state index is 0.530. The van der Waals surface area contributed by atoms with Gasteiger partial charge in [0.25, 0.3) is 0 Å². The number of anilines is 2. The van der Waals surface area contributed by atoms with Gasteiger partial charge in [-0.2, -0.15) is 11.8 Å². The van der Waals surface area contributed by atoms with E-state index >= 15 is 0 Å². The van der Waals surface area contributed by atoms with E-state index in [-0.39, 0.29) is 0 Å². The molecule has 1 aliphatic heterocycles. The van der Waals surface area contributed by atoms with Gasteiger partial charge in [0.15, 0.2) is 5.82 Å². The zero-order valence-corrected chi connectivity index (χ0v) is 11.4. The van der Waals surface area contributed by atoms with Gasteiger partial charge in [-0.25, -0.2) is 9.97 Å². The maximum atomic E-state index is 5.92. The van der Waals surface area contributed by atoms with Crippen LogP contribution in [0.5, 0.6) is 0 Å². The Bertz CT molecular complexity index is 553. The lowest BCUT2D eigenvalue weighted by Crippen LogP contribution is -2.33. The Balaban J connectivity index is 1.96. The van der Waals surface area contributed by atoms with Crippen LogP contribution in [0.25, 0.3) is 11.4 Å². The highest BCUT2D eigenvalue weighted by Crippen LogP contribution is 2.23. The molecule has 1 aromatic carbocycles. The normalized spacial score (nSPS) is 15.5. The number of benzene rings is 1. The van der Waals surface area contributed by atoms with Crippen LogP contribution in [0, 0.1) is 0 Å². The second kappa shape index (κ2) is 5.48. The number of aromatic nitrogens is 2. The zero-order valence-electron chi connectivity index (χ0n) is 10.6. The summed E-state index contributed by atoms with van der Waals surface area (Å²) in [5, 5.41) is 0. The van der Waals surface area contributed by atoms with E-state index in [1.165, 1.54) is 0 Å². The summed E-state index contributed by atoms with van der Waals surface area (Å²) in [5.41, 5.74) is 6.92. The third-order valence-electron chi connectivity index (χ3n) is 3.10. The van der Waals surface area contributed by atoms with Crippen LogP contribution in [0.15, 0.2) is 36.4 Å². The minimum Gasteiger partial charge on any atom is -0.384 e. The third kappa shape index (κ3) is 2.81. The van der Waals surface area contributed by atoms with E-state index in [0.717, 1.165) is 36.0 Å². The fourth-order valence-corrected chi connectivity index (χ4v) is 3.03. The fourth-order valence-electron chi connectivity index (χ4n) is 2.12. The third-order valence-corrected chi connectivity index (χ3v) is 4.04. The molecular formula is C14H16N4S. The Morgan fingerprint density at radius 1 is 1.05 bits per heavy atom. The summed E-state index contributed by atoms with van der Waals surface area (Å²) in [6, 6.07) is 11.8. The first kappa shape index (κ1) is 12.3. The SMILES string of the molecule is Nc1cc(N2CCSCC2)nc(-c2ccccc2)n1. The highest BCUT2D eigenvalue weighted by Gasteiger charge is 2.14. The standard InChI is InChI=1S/C14H16N4S/c15-12-10-13(18-6-8-19-9-7-18)17-14(16-12)11-4-2-1-3-5-11/h1-5,10H,6-9H2,(H2,15,16,17). The first-order valence-corrected chi connectivity index (χ1v) is 7.51. The summed E-state index contributed by atoms with van der Waals surface area (Å²) in [4.78, 5) is 11.3. The molecule has 1 aromatic heterocycles. The van der Waals surface area contributed by atoms with Gasteiger partial charge in [0.05, 0.1) is 0 Å². The summed E-state index contributed by atoms with van der Waals surface area (Å²) < 4.78 is 0. The zero-order chi connectivity index (χ0) is 13.1. The quantitative estimate of drug-likeness (QED) is 0.909. The van der Waals surface area contributed by atoms with Gasteiger partial charge in [-0.3, -0.25) is 0 Å². The first-order chi connectivity index (χ1) is 9.33. The summed E-state index contributed by atoms with van der Waals surface area (Å²) in [7, 11) is 0. The average Bonchev–Trinajstić information content (AvgIpc) is 2.48. The highest BCUT2D eigenvalue weighted by molar-refractivity contribution is 7.99. The van der Waals surface area contributed by atoms with E-state index in [0.29, 0.717) is 11.6 Å². The average molecular weight is 272 g/mol. The van der Waals surface area contributed by atoms with Crippen molar-refractivity contribution in [3.8, 4) is 11.4 Å². The van der Waals surface area contributed by atoms with Crippen LogP contribution in [-0.4, -0.2) is 34.6 Å². The maximum absolute atomic E-state index is 5.92. The molecule has 0 saturated carbocycles. The lowest BCUT2D eigenvalue weighted by Gasteiger charge is -2.27. The molecule has 3 rings (SSSR count). The summed E-state index contributed by atoms with van der Waals surface area (Å²) in [6.07, 6.45) is 0. The van der Waals surface area contributed by atoms with Gasteiger partial charge in [-0.05, 0) is 0 Å². The van der Waals surface area contributed by atoms with Crippen LogP contribution < -0.4 is 10.6 Å². The van der Waals surface area contributed by atoms with Crippen LogP contribution >= 0.6 is 11.8 Å². The number of nitrogen functional groups attached to an aromatic ring is 1. The molecule has 2 aromatic rings. The molecule has 0 atom stereocenters. The molecule has 0 unspecified atom stereocenters.